The molecule has 1 heterocycles. The number of hydrogen-bond donors (Lipinski definition) is 2. The molecule has 0 aromatic heterocycles. The van der Waals surface area contributed by atoms with Crippen molar-refractivity contribution >= 4 is 0 Å². The third kappa shape index (κ3) is 4.92. The molecule has 0 bridgehead atoms. The molecule has 0 radical (unpaired) electrons. The molecule has 2 aliphatic rings. The van der Waals surface area contributed by atoms with E-state index in [1.165, 1.54) is 25.7 Å². The van der Waals surface area contributed by atoms with Gasteiger partial charge in [0.15, 0.2) is 0 Å². The summed E-state index contributed by atoms with van der Waals surface area (Å²) >= 11 is 0. The second-order valence-corrected chi connectivity index (χ2v) is 6.98. The Morgan fingerprint density at radius 2 is 2.05 bits per heavy atom. The lowest BCUT2D eigenvalue weighted by Crippen LogP contribution is -2.52. The van der Waals surface area contributed by atoms with Crippen LogP contribution in [0.5, 0.6) is 0 Å². The number of nitrogens with zero attached hydrogens (tertiary/aromatic N) is 1. The number of rotatable bonds is 6. The van der Waals surface area contributed by atoms with Crippen molar-refractivity contribution in [1.82, 2.24) is 10.2 Å². The van der Waals surface area contributed by atoms with E-state index in [0.29, 0.717) is 6.04 Å². The van der Waals surface area contributed by atoms with Gasteiger partial charge < -0.3 is 15.2 Å². The number of aliphatic hydroxyl groups is 1. The van der Waals surface area contributed by atoms with Gasteiger partial charge in [-0.2, -0.15) is 0 Å². The fraction of sp³-hybridized carbons (Fsp3) is 1.00. The van der Waals surface area contributed by atoms with E-state index in [1.54, 1.807) is 0 Å². The van der Waals surface area contributed by atoms with Gasteiger partial charge in [0.1, 0.15) is 0 Å². The van der Waals surface area contributed by atoms with Crippen molar-refractivity contribution in [1.29, 1.82) is 0 Å². The van der Waals surface area contributed by atoms with Gasteiger partial charge in [0.2, 0.25) is 0 Å². The van der Waals surface area contributed by atoms with E-state index in [-0.39, 0.29) is 18.8 Å². The van der Waals surface area contributed by atoms with Crippen LogP contribution in [-0.4, -0.2) is 61.0 Å². The van der Waals surface area contributed by atoms with Crippen molar-refractivity contribution in [2.75, 3.05) is 32.8 Å². The lowest BCUT2D eigenvalue weighted by atomic mass is 9.76. The van der Waals surface area contributed by atoms with Crippen LogP contribution in [0.4, 0.5) is 0 Å². The van der Waals surface area contributed by atoms with Crippen molar-refractivity contribution in [3.8, 4) is 0 Å². The van der Waals surface area contributed by atoms with E-state index in [1.807, 2.05) is 0 Å². The van der Waals surface area contributed by atoms with Gasteiger partial charge in [-0.15, -0.1) is 0 Å². The molecule has 0 aromatic carbocycles. The molecule has 21 heavy (non-hydrogen) atoms. The average Bonchev–Trinajstić information content (AvgIpc) is 2.48. The summed E-state index contributed by atoms with van der Waals surface area (Å²) in [6, 6.07) is 0.670. The summed E-state index contributed by atoms with van der Waals surface area (Å²) in [6.45, 7) is 10.9. The molecule has 0 amide bonds. The first-order valence-electron chi connectivity index (χ1n) is 8.88. The summed E-state index contributed by atoms with van der Waals surface area (Å²) < 4.78 is 5.76. The zero-order valence-corrected chi connectivity index (χ0v) is 14.1. The third-order valence-corrected chi connectivity index (χ3v) is 5.23. The number of aliphatic hydroxyl groups excluding tert-OH is 1. The van der Waals surface area contributed by atoms with E-state index in [4.69, 9.17) is 4.74 Å². The molecule has 1 saturated carbocycles. The first kappa shape index (κ1) is 17.2. The Bertz CT molecular complexity index is 301. The Kier molecular flexibility index (Phi) is 6.93. The van der Waals surface area contributed by atoms with Gasteiger partial charge in [-0.25, -0.2) is 0 Å². The van der Waals surface area contributed by atoms with E-state index in [9.17, 15) is 5.11 Å². The fourth-order valence-electron chi connectivity index (χ4n) is 4.19. The zero-order valence-electron chi connectivity index (χ0n) is 14.1. The van der Waals surface area contributed by atoms with E-state index in [0.717, 1.165) is 38.0 Å². The Morgan fingerprint density at radius 1 is 1.24 bits per heavy atom. The highest BCUT2D eigenvalue weighted by Crippen LogP contribution is 2.32. The first-order chi connectivity index (χ1) is 10.2. The SMILES string of the molecule is CCNC1CCC(CC)CC1CN1CC(C)OC(CO)C1. The highest BCUT2D eigenvalue weighted by atomic mass is 16.5. The molecule has 1 aliphatic carbocycles. The molecule has 0 spiro atoms. The molecule has 0 aromatic rings. The molecule has 5 atom stereocenters. The molecule has 2 N–H and O–H groups in total. The molecule has 4 nitrogen and oxygen atoms in total. The maximum Gasteiger partial charge on any atom is 0.0936 e. The summed E-state index contributed by atoms with van der Waals surface area (Å²) in [5.74, 6) is 1.64. The molecule has 1 saturated heterocycles. The first-order valence-corrected chi connectivity index (χ1v) is 8.88. The second kappa shape index (κ2) is 8.47. The van der Waals surface area contributed by atoms with Crippen LogP contribution < -0.4 is 5.32 Å². The highest BCUT2D eigenvalue weighted by molar-refractivity contribution is 4.88. The minimum atomic E-state index is -0.00287. The maximum absolute atomic E-state index is 9.38. The van der Waals surface area contributed by atoms with Gasteiger partial charge in [-0.1, -0.05) is 20.3 Å². The van der Waals surface area contributed by atoms with E-state index < -0.39 is 0 Å². The van der Waals surface area contributed by atoms with E-state index in [2.05, 4.69) is 31.0 Å². The summed E-state index contributed by atoms with van der Waals surface area (Å²) in [6.07, 6.45) is 5.60. The molecule has 2 rings (SSSR count). The Morgan fingerprint density at radius 3 is 2.71 bits per heavy atom. The molecular weight excluding hydrogens is 264 g/mol. The van der Waals surface area contributed by atoms with Crippen molar-refractivity contribution in [3.05, 3.63) is 0 Å². The Balaban J connectivity index is 1.93. The van der Waals surface area contributed by atoms with Crippen molar-refractivity contribution < 1.29 is 9.84 Å². The van der Waals surface area contributed by atoms with Gasteiger partial charge in [0.05, 0.1) is 18.8 Å². The van der Waals surface area contributed by atoms with Crippen molar-refractivity contribution in [3.63, 3.8) is 0 Å². The number of hydrogen-bond acceptors (Lipinski definition) is 4. The summed E-state index contributed by atoms with van der Waals surface area (Å²) in [7, 11) is 0. The molecule has 2 fully saturated rings. The average molecular weight is 298 g/mol. The van der Waals surface area contributed by atoms with Gasteiger partial charge in [-0.3, -0.25) is 4.90 Å². The quantitative estimate of drug-likeness (QED) is 0.786. The normalized spacial score (nSPS) is 38.6. The van der Waals surface area contributed by atoms with Crippen LogP contribution >= 0.6 is 0 Å². The zero-order chi connectivity index (χ0) is 15.2. The fourth-order valence-corrected chi connectivity index (χ4v) is 4.19. The van der Waals surface area contributed by atoms with Gasteiger partial charge in [0.25, 0.3) is 0 Å². The van der Waals surface area contributed by atoms with Crippen LogP contribution in [-0.2, 0) is 4.74 Å². The summed E-state index contributed by atoms with van der Waals surface area (Å²) in [5, 5.41) is 13.1. The maximum atomic E-state index is 9.38. The van der Waals surface area contributed by atoms with E-state index >= 15 is 0 Å². The van der Waals surface area contributed by atoms with Crippen LogP contribution in [0.2, 0.25) is 0 Å². The smallest absolute Gasteiger partial charge is 0.0936 e. The number of nitrogens with one attached hydrogen (secondary N) is 1. The summed E-state index contributed by atoms with van der Waals surface area (Å²) in [5.41, 5.74) is 0. The van der Waals surface area contributed by atoms with Crippen LogP contribution in [0, 0.1) is 11.8 Å². The predicted octanol–water partition coefficient (Wildman–Crippen LogP) is 1.87. The van der Waals surface area contributed by atoms with Crippen molar-refractivity contribution in [2.45, 2.75) is 64.7 Å². The van der Waals surface area contributed by atoms with Crippen LogP contribution in [0.3, 0.4) is 0 Å². The Hall–Kier alpha value is -0.160. The minimum absolute atomic E-state index is 0.00287. The molecule has 124 valence electrons. The monoisotopic (exact) mass is 298 g/mol. The topological polar surface area (TPSA) is 44.7 Å². The second-order valence-electron chi connectivity index (χ2n) is 6.98. The third-order valence-electron chi connectivity index (χ3n) is 5.23. The van der Waals surface area contributed by atoms with Gasteiger partial charge in [0, 0.05) is 25.7 Å². The number of ether oxygens (including phenoxy) is 1. The molecule has 1 aliphatic heterocycles. The van der Waals surface area contributed by atoms with Gasteiger partial charge in [-0.05, 0) is 44.6 Å². The molecule has 4 heteroatoms. The largest absolute Gasteiger partial charge is 0.394 e. The van der Waals surface area contributed by atoms with Crippen LogP contribution in [0.1, 0.15) is 46.5 Å². The molecule has 5 unspecified atom stereocenters. The molecular formula is C17H34N2O2. The lowest BCUT2D eigenvalue weighted by Gasteiger charge is -2.42. The van der Waals surface area contributed by atoms with Gasteiger partial charge >= 0.3 is 0 Å². The number of morpholine rings is 1. The van der Waals surface area contributed by atoms with Crippen LogP contribution in [0.25, 0.3) is 0 Å². The lowest BCUT2D eigenvalue weighted by molar-refractivity contribution is -0.0999. The van der Waals surface area contributed by atoms with Crippen molar-refractivity contribution in [2.24, 2.45) is 11.8 Å². The minimum Gasteiger partial charge on any atom is -0.394 e. The summed E-state index contributed by atoms with van der Waals surface area (Å²) in [4.78, 5) is 2.52. The van der Waals surface area contributed by atoms with Crippen LogP contribution in [0.15, 0.2) is 0 Å². The standard InChI is InChI=1S/C17H34N2O2/c1-4-14-6-7-17(18-5-2)15(8-14)10-19-9-13(3)21-16(11-19)12-20/h13-18,20H,4-12H2,1-3H3. The predicted molar refractivity (Wildman–Crippen MR) is 86.4 cm³/mol. The Labute approximate surface area is 130 Å². The highest BCUT2D eigenvalue weighted by Gasteiger charge is 2.33.